The summed E-state index contributed by atoms with van der Waals surface area (Å²) in [6.45, 7) is 1.17. The number of nitrogens with one attached hydrogen (secondary N) is 1. The maximum Gasteiger partial charge on any atom is 0.185 e. The first-order valence-corrected chi connectivity index (χ1v) is 10.1. The molecule has 0 unspecified atom stereocenters. The first kappa shape index (κ1) is 20.5. The molecule has 4 rings (SSSR count). The van der Waals surface area contributed by atoms with Crippen molar-refractivity contribution in [2.24, 2.45) is 0 Å². The van der Waals surface area contributed by atoms with E-state index in [1.54, 1.807) is 41.4 Å². The van der Waals surface area contributed by atoms with Gasteiger partial charge in [-0.25, -0.2) is 4.68 Å². The van der Waals surface area contributed by atoms with Crippen molar-refractivity contribution in [1.29, 1.82) is 0 Å². The van der Waals surface area contributed by atoms with Crippen LogP contribution in [-0.2, 0) is 13.1 Å². The molecular formula is C24H20ClN5O. The minimum absolute atomic E-state index is 0.0551. The zero-order chi connectivity index (χ0) is 21.5. The molecule has 0 saturated carbocycles. The molecule has 0 bridgehead atoms. The highest BCUT2D eigenvalue weighted by Crippen LogP contribution is 2.13. The molecule has 0 aliphatic heterocycles. The van der Waals surface area contributed by atoms with Gasteiger partial charge < -0.3 is 5.32 Å². The van der Waals surface area contributed by atoms with Gasteiger partial charge in [-0.1, -0.05) is 35.0 Å². The Morgan fingerprint density at radius 3 is 2.61 bits per heavy atom. The Morgan fingerprint density at radius 2 is 1.87 bits per heavy atom. The standard InChI is InChI=1S/C24H20ClN5O/c25-21-8-3-19(4-9-21)16-30-17-23(28-29-30)15-27-22-10-6-20(7-11-22)24(31)12-5-18-2-1-13-26-14-18/h1-14,17,27H,15-16H2/b12-5+. The molecule has 31 heavy (non-hydrogen) atoms. The lowest BCUT2D eigenvalue weighted by Gasteiger charge is -2.05. The summed E-state index contributed by atoms with van der Waals surface area (Å²) in [6, 6.07) is 18.8. The van der Waals surface area contributed by atoms with Crippen LogP contribution in [0.15, 0.2) is 85.3 Å². The Morgan fingerprint density at radius 1 is 1.06 bits per heavy atom. The van der Waals surface area contributed by atoms with E-state index in [9.17, 15) is 4.79 Å². The molecule has 7 heteroatoms. The molecule has 0 fully saturated rings. The fourth-order valence-corrected chi connectivity index (χ4v) is 3.09. The van der Waals surface area contributed by atoms with Crippen molar-refractivity contribution in [3.8, 4) is 0 Å². The van der Waals surface area contributed by atoms with Gasteiger partial charge in [-0.05, 0) is 65.7 Å². The Kier molecular flexibility index (Phi) is 6.50. The molecule has 1 N–H and O–H groups in total. The predicted octanol–water partition coefficient (Wildman–Crippen LogP) is 4.88. The molecule has 0 radical (unpaired) electrons. The summed E-state index contributed by atoms with van der Waals surface area (Å²) >= 11 is 5.92. The summed E-state index contributed by atoms with van der Waals surface area (Å²) < 4.78 is 1.79. The second kappa shape index (κ2) is 9.82. The van der Waals surface area contributed by atoms with Gasteiger partial charge in [0.2, 0.25) is 0 Å². The molecule has 2 aromatic carbocycles. The van der Waals surface area contributed by atoms with Crippen molar-refractivity contribution in [3.05, 3.63) is 113 Å². The number of hydrogen-bond donors (Lipinski definition) is 1. The van der Waals surface area contributed by atoms with Gasteiger partial charge in [-0.2, -0.15) is 0 Å². The van der Waals surface area contributed by atoms with Crippen molar-refractivity contribution in [2.45, 2.75) is 13.1 Å². The summed E-state index contributed by atoms with van der Waals surface area (Å²) in [6.07, 6.45) is 8.63. The maximum atomic E-state index is 12.3. The SMILES string of the molecule is O=C(/C=C/c1cccnc1)c1ccc(NCc2cn(Cc3ccc(Cl)cc3)nn2)cc1. The molecule has 0 aliphatic carbocycles. The van der Waals surface area contributed by atoms with Crippen LogP contribution < -0.4 is 5.32 Å². The Balaban J connectivity index is 1.30. The molecule has 154 valence electrons. The van der Waals surface area contributed by atoms with Crippen LogP contribution in [0.4, 0.5) is 5.69 Å². The van der Waals surface area contributed by atoms with E-state index in [1.165, 1.54) is 0 Å². The Hall–Kier alpha value is -3.77. The zero-order valence-corrected chi connectivity index (χ0v) is 17.4. The lowest BCUT2D eigenvalue weighted by atomic mass is 10.1. The highest BCUT2D eigenvalue weighted by molar-refractivity contribution is 6.30. The third-order valence-corrected chi connectivity index (χ3v) is 4.85. The minimum Gasteiger partial charge on any atom is -0.379 e. The van der Waals surface area contributed by atoms with E-state index in [4.69, 9.17) is 11.6 Å². The average molecular weight is 430 g/mol. The number of allylic oxidation sites excluding steroid dienone is 1. The van der Waals surface area contributed by atoms with E-state index in [0.29, 0.717) is 23.7 Å². The fraction of sp³-hybridized carbons (Fsp3) is 0.0833. The molecule has 0 saturated heterocycles. The van der Waals surface area contributed by atoms with Gasteiger partial charge in [0, 0.05) is 28.7 Å². The number of anilines is 1. The highest BCUT2D eigenvalue weighted by Gasteiger charge is 2.04. The molecular weight excluding hydrogens is 410 g/mol. The van der Waals surface area contributed by atoms with E-state index >= 15 is 0 Å². The smallest absolute Gasteiger partial charge is 0.185 e. The van der Waals surface area contributed by atoms with Gasteiger partial charge >= 0.3 is 0 Å². The molecule has 0 aliphatic rings. The third kappa shape index (κ3) is 5.87. The van der Waals surface area contributed by atoms with E-state index in [1.807, 2.05) is 54.7 Å². The van der Waals surface area contributed by atoms with Crippen LogP contribution >= 0.6 is 11.6 Å². The van der Waals surface area contributed by atoms with Crippen molar-refractivity contribution in [1.82, 2.24) is 20.0 Å². The minimum atomic E-state index is -0.0551. The normalized spacial score (nSPS) is 11.0. The lowest BCUT2D eigenvalue weighted by Crippen LogP contribution is -2.01. The van der Waals surface area contributed by atoms with Crippen LogP contribution in [0.2, 0.25) is 5.02 Å². The van der Waals surface area contributed by atoms with E-state index < -0.39 is 0 Å². The second-order valence-electron chi connectivity index (χ2n) is 6.95. The topological polar surface area (TPSA) is 72.7 Å². The van der Waals surface area contributed by atoms with E-state index in [0.717, 1.165) is 22.5 Å². The van der Waals surface area contributed by atoms with E-state index in [2.05, 4.69) is 20.6 Å². The van der Waals surface area contributed by atoms with Crippen molar-refractivity contribution < 1.29 is 4.79 Å². The molecule has 0 amide bonds. The molecule has 0 spiro atoms. The summed E-state index contributed by atoms with van der Waals surface area (Å²) in [4.78, 5) is 16.4. The second-order valence-corrected chi connectivity index (χ2v) is 7.39. The average Bonchev–Trinajstić information content (AvgIpc) is 3.26. The number of carbonyl (C=O) groups is 1. The molecule has 2 heterocycles. The number of pyridine rings is 1. The first-order chi connectivity index (χ1) is 15.2. The van der Waals surface area contributed by atoms with Crippen molar-refractivity contribution >= 4 is 29.1 Å². The van der Waals surface area contributed by atoms with Gasteiger partial charge in [-0.15, -0.1) is 5.10 Å². The van der Waals surface area contributed by atoms with Crippen LogP contribution in [0, 0.1) is 0 Å². The quantitative estimate of drug-likeness (QED) is 0.319. The number of carbonyl (C=O) groups excluding carboxylic acids is 1. The summed E-state index contributed by atoms with van der Waals surface area (Å²) in [7, 11) is 0. The van der Waals surface area contributed by atoms with Crippen LogP contribution in [-0.4, -0.2) is 25.8 Å². The molecule has 2 aromatic heterocycles. The lowest BCUT2D eigenvalue weighted by molar-refractivity contribution is 0.104. The third-order valence-electron chi connectivity index (χ3n) is 4.60. The Labute approximate surface area is 185 Å². The monoisotopic (exact) mass is 429 g/mol. The number of halogens is 1. The fourth-order valence-electron chi connectivity index (χ4n) is 2.96. The maximum absolute atomic E-state index is 12.3. The number of nitrogens with zero attached hydrogens (tertiary/aromatic N) is 4. The van der Waals surface area contributed by atoms with Crippen LogP contribution in [0.25, 0.3) is 6.08 Å². The van der Waals surface area contributed by atoms with Crippen molar-refractivity contribution in [2.75, 3.05) is 5.32 Å². The summed E-state index contributed by atoms with van der Waals surface area (Å²) in [5.74, 6) is -0.0551. The van der Waals surface area contributed by atoms with E-state index in [-0.39, 0.29) is 5.78 Å². The zero-order valence-electron chi connectivity index (χ0n) is 16.6. The van der Waals surface area contributed by atoms with Crippen molar-refractivity contribution in [3.63, 3.8) is 0 Å². The van der Waals surface area contributed by atoms with Crippen LogP contribution in [0.1, 0.15) is 27.2 Å². The summed E-state index contributed by atoms with van der Waals surface area (Å²) in [5, 5.41) is 12.4. The van der Waals surface area contributed by atoms with Crippen LogP contribution in [0.3, 0.4) is 0 Å². The highest BCUT2D eigenvalue weighted by atomic mass is 35.5. The molecule has 6 nitrogen and oxygen atoms in total. The number of hydrogen-bond acceptors (Lipinski definition) is 5. The first-order valence-electron chi connectivity index (χ1n) is 9.75. The Bertz CT molecular complexity index is 1170. The summed E-state index contributed by atoms with van der Waals surface area (Å²) in [5.41, 5.74) is 4.35. The van der Waals surface area contributed by atoms with Gasteiger partial charge in [0.15, 0.2) is 5.78 Å². The van der Waals surface area contributed by atoms with Crippen LogP contribution in [0.5, 0.6) is 0 Å². The number of aromatic nitrogens is 4. The number of ketones is 1. The largest absolute Gasteiger partial charge is 0.379 e. The van der Waals surface area contributed by atoms with Gasteiger partial charge in [0.05, 0.1) is 19.3 Å². The molecule has 4 aromatic rings. The number of benzene rings is 2. The van der Waals surface area contributed by atoms with Gasteiger partial charge in [-0.3, -0.25) is 9.78 Å². The van der Waals surface area contributed by atoms with Gasteiger partial charge in [0.25, 0.3) is 0 Å². The number of rotatable bonds is 8. The van der Waals surface area contributed by atoms with Gasteiger partial charge in [0.1, 0.15) is 5.69 Å². The molecule has 0 atom stereocenters. The predicted molar refractivity (Wildman–Crippen MR) is 122 cm³/mol.